The third-order valence-electron chi connectivity index (χ3n) is 6.13. The molecule has 0 radical (unpaired) electrons. The molecule has 1 N–H and O–H groups in total. The molecule has 188 valence electrons. The zero-order chi connectivity index (χ0) is 26.3. The standard InChI is InChI=1S/C27H19F3N2O5/c1-36-19-7-3-5-17-13-20(37-25(17)19)23(33)21-22(16-8-10-31-11-9-16)32(26(35)24(21)34)14-15-4-2-6-18(12-15)27(28,29)30/h2-13,22,34H,14H2,1H3. The Balaban J connectivity index is 1.57. The molecule has 0 saturated carbocycles. The highest BCUT2D eigenvalue weighted by atomic mass is 19.4. The summed E-state index contributed by atoms with van der Waals surface area (Å²) in [6.45, 7) is -0.287. The van der Waals surface area contributed by atoms with Crippen LogP contribution in [0.4, 0.5) is 13.2 Å². The first-order valence-corrected chi connectivity index (χ1v) is 11.1. The second-order valence-corrected chi connectivity index (χ2v) is 8.39. The van der Waals surface area contributed by atoms with E-state index in [0.29, 0.717) is 22.3 Å². The summed E-state index contributed by atoms with van der Waals surface area (Å²) in [6, 6.07) is 13.1. The molecule has 1 unspecified atom stereocenters. The molecule has 0 saturated heterocycles. The van der Waals surface area contributed by atoms with E-state index in [1.165, 1.54) is 37.7 Å². The molecule has 2 aromatic carbocycles. The quantitative estimate of drug-likeness (QED) is 0.339. The first-order valence-electron chi connectivity index (χ1n) is 11.1. The number of aromatic nitrogens is 1. The number of rotatable bonds is 6. The van der Waals surface area contributed by atoms with Crippen molar-refractivity contribution in [3.05, 3.63) is 107 Å². The Morgan fingerprint density at radius 3 is 2.54 bits per heavy atom. The number of amides is 1. The lowest BCUT2D eigenvalue weighted by Crippen LogP contribution is -2.30. The normalized spacial score (nSPS) is 16.1. The number of fused-ring (bicyclic) bond motifs is 1. The van der Waals surface area contributed by atoms with Crippen LogP contribution in [-0.4, -0.2) is 33.8 Å². The van der Waals surface area contributed by atoms with Crippen LogP contribution in [0.1, 0.15) is 33.3 Å². The highest BCUT2D eigenvalue weighted by Crippen LogP contribution is 2.41. The van der Waals surface area contributed by atoms with E-state index in [0.717, 1.165) is 17.0 Å². The van der Waals surface area contributed by atoms with Crippen molar-refractivity contribution < 1.29 is 37.0 Å². The van der Waals surface area contributed by atoms with E-state index in [-0.39, 0.29) is 23.4 Å². The number of halogens is 3. The van der Waals surface area contributed by atoms with Crippen molar-refractivity contribution in [3.63, 3.8) is 0 Å². The predicted molar refractivity (Wildman–Crippen MR) is 126 cm³/mol. The fourth-order valence-electron chi connectivity index (χ4n) is 4.43. The van der Waals surface area contributed by atoms with Crippen molar-refractivity contribution in [2.24, 2.45) is 0 Å². The average Bonchev–Trinajstić information content (AvgIpc) is 3.44. The number of pyridine rings is 1. The smallest absolute Gasteiger partial charge is 0.416 e. The number of benzene rings is 2. The summed E-state index contributed by atoms with van der Waals surface area (Å²) in [5.41, 5.74) is -0.185. The number of hydrogen-bond donors (Lipinski definition) is 1. The minimum atomic E-state index is -4.57. The fourth-order valence-corrected chi connectivity index (χ4v) is 4.43. The summed E-state index contributed by atoms with van der Waals surface area (Å²) >= 11 is 0. The fraction of sp³-hybridized carbons (Fsp3) is 0.148. The third kappa shape index (κ3) is 4.31. The van der Waals surface area contributed by atoms with E-state index in [9.17, 15) is 27.9 Å². The molecule has 1 aliphatic rings. The molecule has 3 heterocycles. The van der Waals surface area contributed by atoms with E-state index in [2.05, 4.69) is 4.98 Å². The molecule has 4 aromatic rings. The molecule has 7 nitrogen and oxygen atoms in total. The van der Waals surface area contributed by atoms with Crippen LogP contribution in [0.15, 0.2) is 88.8 Å². The van der Waals surface area contributed by atoms with Crippen molar-refractivity contribution in [1.29, 1.82) is 0 Å². The number of carbonyl (C=O) groups excluding carboxylic acids is 2. The number of ether oxygens (including phenoxy) is 1. The Hall–Kier alpha value is -4.60. The molecule has 5 rings (SSSR count). The third-order valence-corrected chi connectivity index (χ3v) is 6.13. The van der Waals surface area contributed by atoms with Gasteiger partial charge in [0.25, 0.3) is 5.91 Å². The van der Waals surface area contributed by atoms with Crippen LogP contribution in [0.2, 0.25) is 0 Å². The van der Waals surface area contributed by atoms with Gasteiger partial charge in [0, 0.05) is 24.3 Å². The number of aliphatic hydroxyl groups is 1. The first-order chi connectivity index (χ1) is 17.7. The maximum absolute atomic E-state index is 13.6. The van der Waals surface area contributed by atoms with Crippen LogP contribution in [0.3, 0.4) is 0 Å². The molecule has 0 aliphatic carbocycles. The summed E-state index contributed by atoms with van der Waals surface area (Å²) in [6.07, 6.45) is -1.67. The van der Waals surface area contributed by atoms with Gasteiger partial charge in [-0.15, -0.1) is 0 Å². The number of aliphatic hydroxyl groups excluding tert-OH is 1. The van der Waals surface area contributed by atoms with Gasteiger partial charge in [-0.05, 0) is 47.5 Å². The van der Waals surface area contributed by atoms with E-state index in [1.54, 1.807) is 30.3 Å². The number of Topliss-reactive ketones (excluding diaryl/α,β-unsaturated/α-hetero) is 1. The van der Waals surface area contributed by atoms with E-state index < -0.39 is 35.2 Å². The molecule has 0 spiro atoms. The lowest BCUT2D eigenvalue weighted by Gasteiger charge is -2.27. The van der Waals surface area contributed by atoms with Crippen LogP contribution in [0.5, 0.6) is 5.75 Å². The lowest BCUT2D eigenvalue weighted by molar-refractivity contribution is -0.137. The Kier molecular flexibility index (Phi) is 5.94. The number of methoxy groups -OCH3 is 1. The van der Waals surface area contributed by atoms with E-state index in [1.807, 2.05) is 0 Å². The van der Waals surface area contributed by atoms with Gasteiger partial charge in [0.1, 0.15) is 0 Å². The van der Waals surface area contributed by atoms with Crippen molar-refractivity contribution in [2.45, 2.75) is 18.8 Å². The van der Waals surface area contributed by atoms with Gasteiger partial charge in [-0.25, -0.2) is 0 Å². The highest BCUT2D eigenvalue weighted by Gasteiger charge is 2.44. The lowest BCUT2D eigenvalue weighted by atomic mass is 9.95. The number of nitrogens with zero attached hydrogens (tertiary/aromatic N) is 2. The molecular weight excluding hydrogens is 489 g/mol. The van der Waals surface area contributed by atoms with Gasteiger partial charge in [0.15, 0.2) is 22.9 Å². The highest BCUT2D eigenvalue weighted by molar-refractivity contribution is 6.16. The predicted octanol–water partition coefficient (Wildman–Crippen LogP) is 5.63. The second kappa shape index (κ2) is 9.12. The van der Waals surface area contributed by atoms with Gasteiger partial charge < -0.3 is 19.2 Å². The molecule has 2 aromatic heterocycles. The number of carbonyl (C=O) groups is 2. The van der Waals surface area contributed by atoms with Gasteiger partial charge in [-0.3, -0.25) is 14.6 Å². The zero-order valence-electron chi connectivity index (χ0n) is 19.3. The number of ketones is 1. The molecule has 0 bridgehead atoms. The Morgan fingerprint density at radius 2 is 1.84 bits per heavy atom. The molecule has 0 fully saturated rings. The zero-order valence-corrected chi connectivity index (χ0v) is 19.3. The number of alkyl halides is 3. The number of furan rings is 1. The minimum Gasteiger partial charge on any atom is -0.503 e. The van der Waals surface area contributed by atoms with Gasteiger partial charge in [-0.1, -0.05) is 24.3 Å². The summed E-state index contributed by atoms with van der Waals surface area (Å²) in [4.78, 5) is 31.9. The minimum absolute atomic E-state index is 0.131. The van der Waals surface area contributed by atoms with Gasteiger partial charge in [0.2, 0.25) is 5.78 Å². The molecular formula is C27H19F3N2O5. The first kappa shape index (κ1) is 24.1. The van der Waals surface area contributed by atoms with Gasteiger partial charge >= 0.3 is 6.18 Å². The molecule has 1 atom stereocenters. The molecule has 1 aliphatic heterocycles. The summed E-state index contributed by atoms with van der Waals surface area (Å²) < 4.78 is 50.8. The molecule has 37 heavy (non-hydrogen) atoms. The van der Waals surface area contributed by atoms with E-state index >= 15 is 0 Å². The van der Waals surface area contributed by atoms with Gasteiger partial charge in [0.05, 0.1) is 24.3 Å². The van der Waals surface area contributed by atoms with Gasteiger partial charge in [-0.2, -0.15) is 13.2 Å². The SMILES string of the molecule is COc1cccc2cc(C(=O)C3=C(O)C(=O)N(Cc4cccc(C(F)(F)F)c4)C3c3ccncc3)oc12. The van der Waals surface area contributed by atoms with Crippen LogP contribution in [0.25, 0.3) is 11.0 Å². The average molecular weight is 508 g/mol. The summed E-state index contributed by atoms with van der Waals surface area (Å²) in [7, 11) is 1.45. The van der Waals surface area contributed by atoms with Crippen LogP contribution in [-0.2, 0) is 17.5 Å². The Labute approximate surface area is 208 Å². The number of hydrogen-bond acceptors (Lipinski definition) is 6. The summed E-state index contributed by atoms with van der Waals surface area (Å²) in [5, 5.41) is 11.4. The molecule has 10 heteroatoms. The monoisotopic (exact) mass is 508 g/mol. The Morgan fingerprint density at radius 1 is 1.11 bits per heavy atom. The largest absolute Gasteiger partial charge is 0.503 e. The Bertz CT molecular complexity index is 1540. The maximum Gasteiger partial charge on any atom is 0.416 e. The van der Waals surface area contributed by atoms with Crippen molar-refractivity contribution in [1.82, 2.24) is 9.88 Å². The van der Waals surface area contributed by atoms with Crippen LogP contribution >= 0.6 is 0 Å². The van der Waals surface area contributed by atoms with Crippen molar-refractivity contribution in [3.8, 4) is 5.75 Å². The summed E-state index contributed by atoms with van der Waals surface area (Å²) in [5.74, 6) is -2.16. The van der Waals surface area contributed by atoms with Crippen molar-refractivity contribution >= 4 is 22.7 Å². The topological polar surface area (TPSA) is 92.9 Å². The van der Waals surface area contributed by atoms with E-state index in [4.69, 9.17) is 9.15 Å². The molecule has 1 amide bonds. The maximum atomic E-state index is 13.6. The van der Waals surface area contributed by atoms with Crippen LogP contribution in [0, 0.1) is 0 Å². The van der Waals surface area contributed by atoms with Crippen molar-refractivity contribution in [2.75, 3.05) is 7.11 Å². The van der Waals surface area contributed by atoms with Crippen LogP contribution < -0.4 is 4.74 Å². The second-order valence-electron chi connectivity index (χ2n) is 8.39. The number of para-hydroxylation sites is 1.